The summed E-state index contributed by atoms with van der Waals surface area (Å²) in [6.45, 7) is 2.60. The van der Waals surface area contributed by atoms with Gasteiger partial charge in [0, 0.05) is 4.47 Å². The van der Waals surface area contributed by atoms with Crippen LogP contribution in [0.4, 0.5) is 0 Å². The molecule has 8 nitrogen and oxygen atoms in total. The molecule has 0 unspecified atom stereocenters. The predicted octanol–water partition coefficient (Wildman–Crippen LogP) is 1.67. The molecular weight excluding hydrogens is 382 g/mol. The number of halogens is 1. The molecule has 2 amide bonds. The summed E-state index contributed by atoms with van der Waals surface area (Å²) in [5.74, 6) is -1.61. The second-order valence-electron chi connectivity index (χ2n) is 4.76. The summed E-state index contributed by atoms with van der Waals surface area (Å²) in [5.41, 5.74) is 5.30. The zero-order valence-corrected chi connectivity index (χ0v) is 14.5. The minimum absolute atomic E-state index is 0.181. The minimum atomic E-state index is -0.724. The Hall–Kier alpha value is -2.68. The topological polar surface area (TPSA) is 111 Å². The molecule has 1 aromatic carbocycles. The maximum Gasteiger partial charge on any atom is 0.344 e. The Labute approximate surface area is 145 Å². The number of amides is 2. The molecule has 0 saturated carbocycles. The SMILES string of the molecule is Cc1noc(C)c1C(=O)OCC(=O)NNC(=O)c1ccccc1Br. The Morgan fingerprint density at radius 3 is 2.54 bits per heavy atom. The highest BCUT2D eigenvalue weighted by molar-refractivity contribution is 9.10. The smallest absolute Gasteiger partial charge is 0.344 e. The van der Waals surface area contributed by atoms with Gasteiger partial charge < -0.3 is 9.26 Å². The van der Waals surface area contributed by atoms with Crippen molar-refractivity contribution >= 4 is 33.7 Å². The summed E-state index contributed by atoms with van der Waals surface area (Å²) >= 11 is 3.23. The van der Waals surface area contributed by atoms with Gasteiger partial charge in [-0.15, -0.1) is 0 Å². The molecule has 2 N–H and O–H groups in total. The zero-order chi connectivity index (χ0) is 17.7. The molecule has 0 aliphatic heterocycles. The lowest BCUT2D eigenvalue weighted by Crippen LogP contribution is -2.43. The summed E-state index contributed by atoms with van der Waals surface area (Å²) in [6, 6.07) is 6.73. The van der Waals surface area contributed by atoms with Crippen molar-refractivity contribution in [2.75, 3.05) is 6.61 Å². The summed E-state index contributed by atoms with van der Waals surface area (Å²) in [7, 11) is 0. The van der Waals surface area contributed by atoms with Gasteiger partial charge in [-0.1, -0.05) is 17.3 Å². The van der Waals surface area contributed by atoms with Gasteiger partial charge >= 0.3 is 5.97 Å². The van der Waals surface area contributed by atoms with E-state index in [2.05, 4.69) is 31.9 Å². The number of benzene rings is 1. The molecule has 24 heavy (non-hydrogen) atoms. The molecular formula is C15H14BrN3O5. The van der Waals surface area contributed by atoms with E-state index in [0.29, 0.717) is 21.5 Å². The average Bonchev–Trinajstić information content (AvgIpc) is 2.89. The first-order chi connectivity index (χ1) is 11.4. The quantitative estimate of drug-likeness (QED) is 0.601. The molecule has 0 atom stereocenters. The van der Waals surface area contributed by atoms with Crippen LogP contribution in [0.3, 0.4) is 0 Å². The molecule has 1 heterocycles. The highest BCUT2D eigenvalue weighted by atomic mass is 79.9. The van der Waals surface area contributed by atoms with Gasteiger partial charge in [0.15, 0.2) is 6.61 Å². The number of hydrogen-bond donors (Lipinski definition) is 2. The molecule has 9 heteroatoms. The van der Waals surface area contributed by atoms with Gasteiger partial charge in [0.2, 0.25) is 0 Å². The fourth-order valence-electron chi connectivity index (χ4n) is 1.85. The third-order valence-electron chi connectivity index (χ3n) is 3.01. The van der Waals surface area contributed by atoms with Gasteiger partial charge in [-0.2, -0.15) is 0 Å². The van der Waals surface area contributed by atoms with Crippen molar-refractivity contribution in [2.45, 2.75) is 13.8 Å². The van der Waals surface area contributed by atoms with Gasteiger partial charge in [0.05, 0.1) is 11.3 Å². The molecule has 0 saturated heterocycles. The number of nitrogens with zero attached hydrogens (tertiary/aromatic N) is 1. The number of nitrogens with one attached hydrogen (secondary N) is 2. The number of ether oxygens (including phenoxy) is 1. The van der Waals surface area contributed by atoms with Crippen molar-refractivity contribution in [1.29, 1.82) is 0 Å². The molecule has 0 aliphatic rings. The number of carbonyl (C=O) groups excluding carboxylic acids is 3. The fraction of sp³-hybridized carbons (Fsp3) is 0.200. The van der Waals surface area contributed by atoms with E-state index in [1.165, 1.54) is 0 Å². The molecule has 0 fully saturated rings. The maximum absolute atomic E-state index is 11.9. The van der Waals surface area contributed by atoms with Crippen molar-refractivity contribution in [1.82, 2.24) is 16.0 Å². The van der Waals surface area contributed by atoms with E-state index in [0.717, 1.165) is 0 Å². The molecule has 0 bridgehead atoms. The normalized spacial score (nSPS) is 10.1. The van der Waals surface area contributed by atoms with E-state index in [-0.39, 0.29) is 5.56 Å². The van der Waals surface area contributed by atoms with Crippen LogP contribution in [0.25, 0.3) is 0 Å². The lowest BCUT2D eigenvalue weighted by molar-refractivity contribution is -0.125. The van der Waals surface area contributed by atoms with Crippen LogP contribution in [-0.2, 0) is 9.53 Å². The summed E-state index contributed by atoms with van der Waals surface area (Å²) in [5, 5.41) is 3.63. The van der Waals surface area contributed by atoms with Crippen molar-refractivity contribution in [2.24, 2.45) is 0 Å². The Balaban J connectivity index is 1.83. The largest absolute Gasteiger partial charge is 0.452 e. The Bertz CT molecular complexity index is 768. The zero-order valence-electron chi connectivity index (χ0n) is 12.9. The molecule has 0 radical (unpaired) electrons. The van der Waals surface area contributed by atoms with Crippen LogP contribution in [0, 0.1) is 13.8 Å². The Kier molecular flexibility index (Phi) is 5.69. The fourth-order valence-corrected chi connectivity index (χ4v) is 2.32. The highest BCUT2D eigenvalue weighted by Gasteiger charge is 2.20. The van der Waals surface area contributed by atoms with Crippen LogP contribution in [0.2, 0.25) is 0 Å². The van der Waals surface area contributed by atoms with Crippen LogP contribution >= 0.6 is 15.9 Å². The van der Waals surface area contributed by atoms with Crippen LogP contribution in [-0.4, -0.2) is 29.5 Å². The number of hydrogen-bond acceptors (Lipinski definition) is 6. The van der Waals surface area contributed by atoms with Crippen molar-refractivity contribution < 1.29 is 23.6 Å². The van der Waals surface area contributed by atoms with Crippen LogP contribution in [0.15, 0.2) is 33.3 Å². The standard InChI is InChI=1S/C15H14BrN3O5/c1-8-13(9(2)24-19-8)15(22)23-7-12(20)17-18-14(21)10-5-3-4-6-11(10)16/h3-6H,7H2,1-2H3,(H,17,20)(H,18,21). The minimum Gasteiger partial charge on any atom is -0.452 e. The number of aromatic nitrogens is 1. The highest BCUT2D eigenvalue weighted by Crippen LogP contribution is 2.15. The molecule has 0 aliphatic carbocycles. The summed E-state index contributed by atoms with van der Waals surface area (Å²) in [4.78, 5) is 35.4. The third kappa shape index (κ3) is 4.19. The van der Waals surface area contributed by atoms with Gasteiger partial charge in [-0.3, -0.25) is 20.4 Å². The molecule has 126 valence electrons. The van der Waals surface area contributed by atoms with Crippen molar-refractivity contribution in [3.05, 3.63) is 51.3 Å². The Morgan fingerprint density at radius 2 is 1.92 bits per heavy atom. The summed E-state index contributed by atoms with van der Waals surface area (Å²) < 4.78 is 10.3. The number of hydrazine groups is 1. The number of rotatable bonds is 4. The number of carbonyl (C=O) groups is 3. The van der Waals surface area contributed by atoms with E-state index in [9.17, 15) is 14.4 Å². The number of aryl methyl sites for hydroxylation is 2. The first-order valence-corrected chi connectivity index (χ1v) is 7.63. The van der Waals surface area contributed by atoms with Gasteiger partial charge in [-0.25, -0.2) is 4.79 Å². The summed E-state index contributed by atoms with van der Waals surface area (Å²) in [6.07, 6.45) is 0. The van der Waals surface area contributed by atoms with Crippen molar-refractivity contribution in [3.63, 3.8) is 0 Å². The van der Waals surface area contributed by atoms with Crippen LogP contribution < -0.4 is 10.9 Å². The molecule has 0 spiro atoms. The molecule has 2 aromatic rings. The predicted molar refractivity (Wildman–Crippen MR) is 86.0 cm³/mol. The van der Waals surface area contributed by atoms with E-state index in [4.69, 9.17) is 9.26 Å². The molecule has 2 rings (SSSR count). The van der Waals surface area contributed by atoms with Gasteiger partial charge in [0.1, 0.15) is 11.3 Å². The lowest BCUT2D eigenvalue weighted by atomic mass is 10.2. The van der Waals surface area contributed by atoms with Crippen LogP contribution in [0.5, 0.6) is 0 Å². The van der Waals surface area contributed by atoms with Crippen molar-refractivity contribution in [3.8, 4) is 0 Å². The second kappa shape index (κ2) is 7.73. The average molecular weight is 396 g/mol. The monoisotopic (exact) mass is 395 g/mol. The van der Waals surface area contributed by atoms with Gasteiger partial charge in [-0.05, 0) is 41.9 Å². The van der Waals surface area contributed by atoms with Crippen LogP contribution in [0.1, 0.15) is 32.2 Å². The first-order valence-electron chi connectivity index (χ1n) is 6.84. The molecule has 1 aromatic heterocycles. The van der Waals surface area contributed by atoms with Gasteiger partial charge in [0.25, 0.3) is 11.8 Å². The van der Waals surface area contributed by atoms with E-state index in [1.807, 2.05) is 0 Å². The van der Waals surface area contributed by atoms with E-state index < -0.39 is 24.4 Å². The van der Waals surface area contributed by atoms with E-state index >= 15 is 0 Å². The second-order valence-corrected chi connectivity index (χ2v) is 5.61. The maximum atomic E-state index is 11.9. The first kappa shape index (κ1) is 17.7. The lowest BCUT2D eigenvalue weighted by Gasteiger charge is -2.09. The Morgan fingerprint density at radius 1 is 1.21 bits per heavy atom. The number of esters is 1. The van der Waals surface area contributed by atoms with E-state index in [1.54, 1.807) is 38.1 Å². The third-order valence-corrected chi connectivity index (χ3v) is 3.70.